The Morgan fingerprint density at radius 3 is 2.56 bits per heavy atom. The van der Waals surface area contributed by atoms with Gasteiger partial charge < -0.3 is 10.4 Å². The molecule has 1 atom stereocenters. The highest BCUT2D eigenvalue weighted by molar-refractivity contribution is 5.97. The van der Waals surface area contributed by atoms with Gasteiger partial charge in [-0.25, -0.2) is 4.79 Å². The lowest BCUT2D eigenvalue weighted by atomic mass is 10.0. The summed E-state index contributed by atoms with van der Waals surface area (Å²) in [6.07, 6.45) is 2.23. The number of amides is 1. The molecule has 0 unspecified atom stereocenters. The molecule has 1 aromatic rings. The second kappa shape index (κ2) is 5.66. The molecule has 0 radical (unpaired) electrons. The van der Waals surface area contributed by atoms with Crippen LogP contribution < -0.4 is 5.32 Å². The van der Waals surface area contributed by atoms with Crippen molar-refractivity contribution in [3.05, 3.63) is 17.5 Å². The predicted molar refractivity (Wildman–Crippen MR) is 66.3 cm³/mol. The molecule has 1 amide bonds. The van der Waals surface area contributed by atoms with Gasteiger partial charge in [0, 0.05) is 13.2 Å². The van der Waals surface area contributed by atoms with Crippen molar-refractivity contribution in [1.82, 2.24) is 15.1 Å². The second-order valence-electron chi connectivity index (χ2n) is 4.55. The molecule has 18 heavy (non-hydrogen) atoms. The van der Waals surface area contributed by atoms with E-state index in [4.69, 9.17) is 5.11 Å². The lowest BCUT2D eigenvalue weighted by molar-refractivity contribution is -0.140. The van der Waals surface area contributed by atoms with Crippen LogP contribution in [0.15, 0.2) is 6.20 Å². The summed E-state index contributed by atoms with van der Waals surface area (Å²) in [4.78, 5) is 23.1. The number of aliphatic carboxylic acids is 1. The van der Waals surface area contributed by atoms with Crippen molar-refractivity contribution < 1.29 is 14.7 Å². The van der Waals surface area contributed by atoms with Crippen LogP contribution in [0, 0.1) is 5.92 Å². The third-order valence-corrected chi connectivity index (χ3v) is 2.70. The van der Waals surface area contributed by atoms with Crippen LogP contribution in [0.5, 0.6) is 0 Å². The van der Waals surface area contributed by atoms with Crippen molar-refractivity contribution in [2.24, 2.45) is 13.0 Å². The highest BCUT2D eigenvalue weighted by Gasteiger charge is 2.25. The Labute approximate surface area is 106 Å². The fourth-order valence-corrected chi connectivity index (χ4v) is 1.72. The number of carbonyl (C=O) groups excluding carboxylic acids is 1. The Bertz CT molecular complexity index is 451. The Morgan fingerprint density at radius 1 is 1.50 bits per heavy atom. The van der Waals surface area contributed by atoms with Crippen molar-refractivity contribution >= 4 is 11.9 Å². The highest BCUT2D eigenvalue weighted by Crippen LogP contribution is 2.09. The van der Waals surface area contributed by atoms with E-state index in [1.54, 1.807) is 31.8 Å². The van der Waals surface area contributed by atoms with Gasteiger partial charge in [0.25, 0.3) is 5.91 Å². The second-order valence-corrected chi connectivity index (χ2v) is 4.55. The van der Waals surface area contributed by atoms with Gasteiger partial charge in [-0.15, -0.1) is 0 Å². The van der Waals surface area contributed by atoms with Crippen LogP contribution in [0.25, 0.3) is 0 Å². The number of rotatable bonds is 5. The Hall–Kier alpha value is -1.85. The Morgan fingerprint density at radius 2 is 2.11 bits per heavy atom. The fourth-order valence-electron chi connectivity index (χ4n) is 1.72. The monoisotopic (exact) mass is 253 g/mol. The van der Waals surface area contributed by atoms with E-state index in [2.05, 4.69) is 10.4 Å². The van der Waals surface area contributed by atoms with Gasteiger partial charge in [-0.2, -0.15) is 5.10 Å². The van der Waals surface area contributed by atoms with Gasteiger partial charge >= 0.3 is 5.97 Å². The lowest BCUT2D eigenvalue weighted by Gasteiger charge is -2.17. The van der Waals surface area contributed by atoms with E-state index in [1.807, 2.05) is 6.92 Å². The van der Waals surface area contributed by atoms with E-state index in [0.29, 0.717) is 17.7 Å². The molecule has 0 spiro atoms. The van der Waals surface area contributed by atoms with Crippen LogP contribution in [0.3, 0.4) is 0 Å². The van der Waals surface area contributed by atoms with Gasteiger partial charge in [-0.3, -0.25) is 9.48 Å². The average molecular weight is 253 g/mol. The maximum Gasteiger partial charge on any atom is 0.326 e. The first-order chi connectivity index (χ1) is 8.36. The number of hydrogen-bond acceptors (Lipinski definition) is 3. The molecule has 1 rings (SSSR count). The van der Waals surface area contributed by atoms with Gasteiger partial charge in [0.2, 0.25) is 0 Å². The summed E-state index contributed by atoms with van der Waals surface area (Å²) >= 11 is 0. The minimum Gasteiger partial charge on any atom is -0.480 e. The Balaban J connectivity index is 2.90. The van der Waals surface area contributed by atoms with Crippen molar-refractivity contribution in [1.29, 1.82) is 0 Å². The van der Waals surface area contributed by atoms with Crippen LogP contribution >= 0.6 is 0 Å². The maximum absolute atomic E-state index is 12.0. The van der Waals surface area contributed by atoms with Gasteiger partial charge in [0.15, 0.2) is 0 Å². The minimum absolute atomic E-state index is 0.173. The highest BCUT2D eigenvalue weighted by atomic mass is 16.4. The predicted octanol–water partition coefficient (Wildman–Crippen LogP) is 0.821. The molecule has 0 bridgehead atoms. The summed E-state index contributed by atoms with van der Waals surface area (Å²) in [5.74, 6) is -1.59. The molecule has 1 heterocycles. The zero-order chi connectivity index (χ0) is 13.9. The molecule has 2 N–H and O–H groups in total. The summed E-state index contributed by atoms with van der Waals surface area (Å²) in [6, 6.07) is -0.887. The first-order valence-electron chi connectivity index (χ1n) is 5.93. The Kier molecular flexibility index (Phi) is 4.47. The van der Waals surface area contributed by atoms with Crippen molar-refractivity contribution in [2.75, 3.05) is 0 Å². The number of nitrogens with one attached hydrogen (secondary N) is 1. The molecule has 0 aliphatic rings. The summed E-state index contributed by atoms with van der Waals surface area (Å²) in [7, 11) is 1.73. The van der Waals surface area contributed by atoms with Gasteiger partial charge in [-0.05, 0) is 12.3 Å². The van der Waals surface area contributed by atoms with Crippen molar-refractivity contribution in [3.8, 4) is 0 Å². The van der Waals surface area contributed by atoms with E-state index in [9.17, 15) is 9.59 Å². The molecule has 6 nitrogen and oxygen atoms in total. The molecule has 0 aromatic carbocycles. The average Bonchev–Trinajstić information content (AvgIpc) is 2.66. The molecule has 0 saturated heterocycles. The third-order valence-electron chi connectivity index (χ3n) is 2.70. The molecule has 0 aliphatic carbocycles. The van der Waals surface area contributed by atoms with Crippen LogP contribution in [0.1, 0.15) is 36.8 Å². The first kappa shape index (κ1) is 14.2. The SMILES string of the molecule is CCc1nn(C)cc1C(=O)N[C@@H](C(=O)O)C(C)C. The zero-order valence-corrected chi connectivity index (χ0v) is 11.1. The van der Waals surface area contributed by atoms with Crippen molar-refractivity contribution in [2.45, 2.75) is 33.2 Å². The van der Waals surface area contributed by atoms with Gasteiger partial charge in [0.1, 0.15) is 6.04 Å². The molecule has 0 fully saturated rings. The quantitative estimate of drug-likeness (QED) is 0.813. The van der Waals surface area contributed by atoms with E-state index in [1.165, 1.54) is 0 Å². The molecule has 6 heteroatoms. The van der Waals surface area contributed by atoms with E-state index in [-0.39, 0.29) is 11.8 Å². The molecular formula is C12H19N3O3. The van der Waals surface area contributed by atoms with Gasteiger partial charge in [0.05, 0.1) is 11.3 Å². The molecule has 100 valence electrons. The van der Waals surface area contributed by atoms with Gasteiger partial charge in [-0.1, -0.05) is 20.8 Å². The van der Waals surface area contributed by atoms with Crippen molar-refractivity contribution in [3.63, 3.8) is 0 Å². The smallest absolute Gasteiger partial charge is 0.326 e. The number of hydrogen-bond donors (Lipinski definition) is 2. The molecule has 0 aliphatic heterocycles. The maximum atomic E-state index is 12.0. The zero-order valence-electron chi connectivity index (χ0n) is 11.1. The number of carboxylic acid groups (broad SMARTS) is 1. The number of aromatic nitrogens is 2. The summed E-state index contributed by atoms with van der Waals surface area (Å²) < 4.78 is 1.55. The largest absolute Gasteiger partial charge is 0.480 e. The third kappa shape index (κ3) is 3.09. The number of carbonyl (C=O) groups is 2. The van der Waals surface area contributed by atoms with E-state index >= 15 is 0 Å². The molecule has 0 saturated carbocycles. The topological polar surface area (TPSA) is 84.2 Å². The minimum atomic E-state index is -1.03. The van der Waals surface area contributed by atoms with E-state index < -0.39 is 12.0 Å². The van der Waals surface area contributed by atoms with Crippen LogP contribution in [0.2, 0.25) is 0 Å². The molecule has 1 aromatic heterocycles. The van der Waals surface area contributed by atoms with E-state index in [0.717, 1.165) is 0 Å². The van der Waals surface area contributed by atoms with Crippen LogP contribution in [-0.4, -0.2) is 32.8 Å². The standard InChI is InChI=1S/C12H19N3O3/c1-5-9-8(6-15(4)14-9)11(16)13-10(7(2)3)12(17)18/h6-7,10H,5H2,1-4H3,(H,13,16)(H,17,18)/t10-/m1/s1. The van der Waals surface area contributed by atoms with Crippen LogP contribution in [0.4, 0.5) is 0 Å². The summed E-state index contributed by atoms with van der Waals surface area (Å²) in [5.41, 5.74) is 1.11. The first-order valence-corrected chi connectivity index (χ1v) is 5.93. The summed E-state index contributed by atoms with van der Waals surface area (Å²) in [6.45, 7) is 5.41. The number of nitrogens with zero attached hydrogens (tertiary/aromatic N) is 2. The number of carboxylic acids is 1. The summed E-state index contributed by atoms with van der Waals surface area (Å²) in [5, 5.41) is 15.7. The fraction of sp³-hybridized carbons (Fsp3) is 0.583. The lowest BCUT2D eigenvalue weighted by Crippen LogP contribution is -2.44. The normalized spacial score (nSPS) is 12.5. The number of aryl methyl sites for hydroxylation is 2. The molecular weight excluding hydrogens is 234 g/mol. The van der Waals surface area contributed by atoms with Crippen LogP contribution in [-0.2, 0) is 18.3 Å².